The van der Waals surface area contributed by atoms with Crippen molar-refractivity contribution < 1.29 is 4.74 Å². The minimum absolute atomic E-state index is 0.203. The molecule has 1 aliphatic heterocycles. The summed E-state index contributed by atoms with van der Waals surface area (Å²) in [6, 6.07) is 0.203. The van der Waals surface area contributed by atoms with Crippen molar-refractivity contribution in [2.75, 3.05) is 26.3 Å². The molecule has 8 nitrogen and oxygen atoms in total. The molecule has 1 fully saturated rings. The largest absolute Gasteiger partial charge is 0.379 e. The fourth-order valence-corrected chi connectivity index (χ4v) is 6.34. The maximum absolute atomic E-state index is 5.48. The van der Waals surface area contributed by atoms with E-state index < -0.39 is 0 Å². The van der Waals surface area contributed by atoms with Crippen molar-refractivity contribution in [2.45, 2.75) is 62.3 Å². The van der Waals surface area contributed by atoms with Gasteiger partial charge in [-0.15, -0.1) is 16.4 Å². The second-order valence-corrected chi connectivity index (χ2v) is 9.87. The molecule has 0 atom stereocenters. The normalized spacial score (nSPS) is 17.9. The van der Waals surface area contributed by atoms with Gasteiger partial charge in [0.15, 0.2) is 0 Å². The molecule has 0 saturated carbocycles. The van der Waals surface area contributed by atoms with Crippen molar-refractivity contribution in [3.8, 4) is 0 Å². The Morgan fingerprint density at radius 3 is 2.79 bits per heavy atom. The Kier molecular flexibility index (Phi) is 5.51. The van der Waals surface area contributed by atoms with Crippen molar-refractivity contribution in [3.05, 3.63) is 16.3 Å². The molecule has 3 aromatic heterocycles. The lowest BCUT2D eigenvalue weighted by Crippen LogP contribution is -2.36. The number of ether oxygens (including phenoxy) is 1. The number of thiophene rings is 1. The van der Waals surface area contributed by atoms with E-state index in [0.717, 1.165) is 66.5 Å². The number of tetrazole rings is 1. The van der Waals surface area contributed by atoms with Crippen molar-refractivity contribution >= 4 is 33.3 Å². The van der Waals surface area contributed by atoms with E-state index in [2.05, 4.69) is 34.3 Å². The minimum atomic E-state index is 0.203. The van der Waals surface area contributed by atoms with Crippen LogP contribution >= 0.6 is 23.1 Å². The number of hydrogen-bond acceptors (Lipinski definition) is 9. The summed E-state index contributed by atoms with van der Waals surface area (Å²) >= 11 is 3.42. The number of hydrogen-bond donors (Lipinski definition) is 0. The van der Waals surface area contributed by atoms with Gasteiger partial charge in [-0.3, -0.25) is 4.90 Å². The highest BCUT2D eigenvalue weighted by Crippen LogP contribution is 2.41. The van der Waals surface area contributed by atoms with Crippen molar-refractivity contribution in [1.82, 2.24) is 35.1 Å². The standard InChI is InChI=1S/C19H25N7OS2/c1-12(2)26-19(22-23-24-26)29-18-16-13-5-3-4-6-14(13)28-17(16)20-15(21-18)11-25-7-9-27-10-8-25/h12H,3-11H2,1-2H3. The molecule has 1 aliphatic carbocycles. The van der Waals surface area contributed by atoms with Gasteiger partial charge in [0.05, 0.1) is 25.8 Å². The summed E-state index contributed by atoms with van der Waals surface area (Å²) in [6.07, 6.45) is 4.78. The summed E-state index contributed by atoms with van der Waals surface area (Å²) in [4.78, 5) is 15.0. The van der Waals surface area contributed by atoms with E-state index in [0.29, 0.717) is 0 Å². The van der Waals surface area contributed by atoms with Crippen LogP contribution in [0.1, 0.15) is 49.0 Å². The Balaban J connectivity index is 1.56. The van der Waals surface area contributed by atoms with Gasteiger partial charge < -0.3 is 4.74 Å². The maximum atomic E-state index is 5.48. The van der Waals surface area contributed by atoms with E-state index in [1.54, 1.807) is 11.8 Å². The zero-order valence-electron chi connectivity index (χ0n) is 16.8. The SMILES string of the molecule is CC(C)n1nnnc1Sc1nc(CN2CCOCC2)nc2sc3c(c12)CCCC3. The first kappa shape index (κ1) is 19.3. The molecule has 0 amide bonds. The number of aryl methyl sites for hydroxylation is 2. The first-order valence-corrected chi connectivity index (χ1v) is 11.9. The Bertz CT molecular complexity index is 1010. The molecule has 154 valence electrons. The van der Waals surface area contributed by atoms with E-state index >= 15 is 0 Å². The molecule has 3 aromatic rings. The van der Waals surface area contributed by atoms with E-state index in [-0.39, 0.29) is 6.04 Å². The summed E-state index contributed by atoms with van der Waals surface area (Å²) < 4.78 is 7.34. The van der Waals surface area contributed by atoms with Crippen LogP contribution in [-0.4, -0.2) is 61.4 Å². The van der Waals surface area contributed by atoms with E-state index in [1.165, 1.54) is 28.7 Å². The third-order valence-corrected chi connectivity index (χ3v) is 7.56. The van der Waals surface area contributed by atoms with E-state index in [1.807, 2.05) is 16.0 Å². The number of nitrogens with zero attached hydrogens (tertiary/aromatic N) is 7. The highest BCUT2D eigenvalue weighted by molar-refractivity contribution is 7.99. The lowest BCUT2D eigenvalue weighted by atomic mass is 9.97. The van der Waals surface area contributed by atoms with Gasteiger partial charge in [-0.05, 0) is 67.3 Å². The number of rotatable bonds is 5. The third-order valence-electron chi connectivity index (χ3n) is 5.44. The number of aromatic nitrogens is 6. The molecule has 1 saturated heterocycles. The predicted octanol–water partition coefficient (Wildman–Crippen LogP) is 3.12. The summed E-state index contributed by atoms with van der Waals surface area (Å²) in [7, 11) is 0. The molecule has 2 aliphatic rings. The Hall–Kier alpha value is -1.62. The molecule has 0 aromatic carbocycles. The second kappa shape index (κ2) is 8.25. The molecule has 5 rings (SSSR count). The minimum Gasteiger partial charge on any atom is -0.379 e. The van der Waals surface area contributed by atoms with Crippen LogP contribution in [0.5, 0.6) is 0 Å². The van der Waals surface area contributed by atoms with Gasteiger partial charge in [0, 0.05) is 23.4 Å². The van der Waals surface area contributed by atoms with Crippen molar-refractivity contribution in [3.63, 3.8) is 0 Å². The molecule has 0 N–H and O–H groups in total. The van der Waals surface area contributed by atoms with Gasteiger partial charge in [0.2, 0.25) is 5.16 Å². The highest BCUT2D eigenvalue weighted by atomic mass is 32.2. The fourth-order valence-electron chi connectivity index (χ4n) is 3.93. The fraction of sp³-hybridized carbons (Fsp3) is 0.632. The zero-order chi connectivity index (χ0) is 19.8. The summed E-state index contributed by atoms with van der Waals surface area (Å²) in [5.74, 6) is 0.879. The molecule has 4 heterocycles. The third kappa shape index (κ3) is 3.90. The Labute approximate surface area is 178 Å². The van der Waals surface area contributed by atoms with Gasteiger partial charge in [-0.1, -0.05) is 0 Å². The molecule has 0 bridgehead atoms. The zero-order valence-corrected chi connectivity index (χ0v) is 18.4. The van der Waals surface area contributed by atoms with Crippen molar-refractivity contribution in [1.29, 1.82) is 0 Å². The molecule has 0 unspecified atom stereocenters. The van der Waals surface area contributed by atoms with Crippen LogP contribution in [0.4, 0.5) is 0 Å². The predicted molar refractivity (Wildman–Crippen MR) is 112 cm³/mol. The quantitative estimate of drug-likeness (QED) is 0.570. The van der Waals surface area contributed by atoms with Crippen LogP contribution < -0.4 is 0 Å². The Morgan fingerprint density at radius 2 is 1.97 bits per heavy atom. The van der Waals surface area contributed by atoms with Gasteiger partial charge in [-0.25, -0.2) is 14.6 Å². The van der Waals surface area contributed by atoms with Gasteiger partial charge >= 0.3 is 0 Å². The van der Waals surface area contributed by atoms with Gasteiger partial charge in [0.25, 0.3) is 0 Å². The average Bonchev–Trinajstić information content (AvgIpc) is 3.33. The lowest BCUT2D eigenvalue weighted by Gasteiger charge is -2.25. The van der Waals surface area contributed by atoms with Gasteiger partial charge in [-0.2, -0.15) is 0 Å². The highest BCUT2D eigenvalue weighted by Gasteiger charge is 2.24. The monoisotopic (exact) mass is 431 g/mol. The van der Waals surface area contributed by atoms with Crippen LogP contribution in [-0.2, 0) is 24.1 Å². The molecule has 10 heteroatoms. The Morgan fingerprint density at radius 1 is 1.14 bits per heavy atom. The van der Waals surface area contributed by atoms with Crippen LogP contribution in [0.2, 0.25) is 0 Å². The summed E-state index contributed by atoms with van der Waals surface area (Å²) in [5.41, 5.74) is 1.44. The summed E-state index contributed by atoms with van der Waals surface area (Å²) in [6.45, 7) is 8.34. The van der Waals surface area contributed by atoms with E-state index in [4.69, 9.17) is 14.7 Å². The lowest BCUT2D eigenvalue weighted by molar-refractivity contribution is 0.0330. The molecular formula is C19H25N7OS2. The number of fused-ring (bicyclic) bond motifs is 3. The number of morpholine rings is 1. The van der Waals surface area contributed by atoms with Crippen LogP contribution in [0.15, 0.2) is 10.2 Å². The molecule has 0 spiro atoms. The summed E-state index contributed by atoms with van der Waals surface area (Å²) in [5, 5.41) is 15.3. The van der Waals surface area contributed by atoms with Crippen LogP contribution in [0.25, 0.3) is 10.2 Å². The first-order valence-electron chi connectivity index (χ1n) is 10.3. The van der Waals surface area contributed by atoms with E-state index in [9.17, 15) is 0 Å². The maximum Gasteiger partial charge on any atom is 0.215 e. The topological polar surface area (TPSA) is 81.9 Å². The molecule has 0 radical (unpaired) electrons. The molecule has 29 heavy (non-hydrogen) atoms. The van der Waals surface area contributed by atoms with Gasteiger partial charge in [0.1, 0.15) is 15.7 Å². The smallest absolute Gasteiger partial charge is 0.215 e. The first-order chi connectivity index (χ1) is 14.2. The second-order valence-electron chi connectivity index (χ2n) is 7.83. The van der Waals surface area contributed by atoms with Crippen molar-refractivity contribution in [2.24, 2.45) is 0 Å². The van der Waals surface area contributed by atoms with Crippen LogP contribution in [0, 0.1) is 0 Å². The van der Waals surface area contributed by atoms with Crippen LogP contribution in [0.3, 0.4) is 0 Å². The average molecular weight is 432 g/mol. The molecular weight excluding hydrogens is 406 g/mol.